The minimum atomic E-state index is -0.532. The summed E-state index contributed by atoms with van der Waals surface area (Å²) in [5.41, 5.74) is 1.92. The molecule has 2 aromatic rings. The van der Waals surface area contributed by atoms with E-state index in [9.17, 15) is 9.90 Å². The minimum Gasteiger partial charge on any atom is -0.493 e. The van der Waals surface area contributed by atoms with Crippen molar-refractivity contribution in [2.75, 3.05) is 19.5 Å². The second-order valence-electron chi connectivity index (χ2n) is 4.82. The summed E-state index contributed by atoms with van der Waals surface area (Å²) in [6.07, 6.45) is -0.532. The first-order chi connectivity index (χ1) is 10.5. The fourth-order valence-corrected chi connectivity index (χ4v) is 2.03. The second kappa shape index (κ2) is 6.95. The minimum absolute atomic E-state index is 0.245. The zero-order valence-electron chi connectivity index (χ0n) is 12.8. The van der Waals surface area contributed by atoms with Gasteiger partial charge in [0.05, 0.1) is 20.3 Å². The molecule has 0 heterocycles. The van der Waals surface area contributed by atoms with Crippen LogP contribution >= 0.6 is 0 Å². The molecule has 0 aromatic heterocycles. The molecule has 0 aliphatic rings. The maximum atomic E-state index is 12.2. The first kappa shape index (κ1) is 15.9. The van der Waals surface area contributed by atoms with Gasteiger partial charge < -0.3 is 19.9 Å². The lowest BCUT2D eigenvalue weighted by atomic mass is 10.1. The van der Waals surface area contributed by atoms with Gasteiger partial charge in [0, 0.05) is 11.3 Å². The van der Waals surface area contributed by atoms with Gasteiger partial charge in [-0.1, -0.05) is 12.1 Å². The molecule has 2 aromatic carbocycles. The Hall–Kier alpha value is -2.53. The molecule has 0 aliphatic carbocycles. The lowest BCUT2D eigenvalue weighted by Gasteiger charge is -2.11. The maximum absolute atomic E-state index is 12.2. The quantitative estimate of drug-likeness (QED) is 0.891. The molecule has 0 bridgehead atoms. The summed E-state index contributed by atoms with van der Waals surface area (Å²) in [5.74, 6) is 0.825. The van der Waals surface area contributed by atoms with Gasteiger partial charge >= 0.3 is 0 Å². The Morgan fingerprint density at radius 2 is 1.68 bits per heavy atom. The van der Waals surface area contributed by atoms with Gasteiger partial charge in [0.15, 0.2) is 11.5 Å². The third-order valence-electron chi connectivity index (χ3n) is 3.30. The largest absolute Gasteiger partial charge is 0.493 e. The van der Waals surface area contributed by atoms with Crippen LogP contribution in [0.25, 0.3) is 0 Å². The van der Waals surface area contributed by atoms with Gasteiger partial charge in [0.2, 0.25) is 0 Å². The zero-order valence-corrected chi connectivity index (χ0v) is 12.8. The van der Waals surface area contributed by atoms with Crippen molar-refractivity contribution in [1.29, 1.82) is 0 Å². The highest BCUT2D eigenvalue weighted by atomic mass is 16.5. The first-order valence-electron chi connectivity index (χ1n) is 6.86. The summed E-state index contributed by atoms with van der Waals surface area (Å²) >= 11 is 0. The Morgan fingerprint density at radius 1 is 1.05 bits per heavy atom. The van der Waals surface area contributed by atoms with Crippen LogP contribution in [0.4, 0.5) is 5.69 Å². The zero-order chi connectivity index (χ0) is 16.1. The molecule has 0 saturated carbocycles. The highest BCUT2D eigenvalue weighted by molar-refractivity contribution is 6.04. The van der Waals surface area contributed by atoms with Crippen molar-refractivity contribution in [2.24, 2.45) is 0 Å². The predicted octanol–water partition coefficient (Wildman–Crippen LogP) is 3.01. The van der Waals surface area contributed by atoms with Crippen molar-refractivity contribution in [3.63, 3.8) is 0 Å². The molecule has 0 fully saturated rings. The van der Waals surface area contributed by atoms with E-state index in [0.29, 0.717) is 22.7 Å². The topological polar surface area (TPSA) is 67.8 Å². The van der Waals surface area contributed by atoms with E-state index >= 15 is 0 Å². The number of anilines is 1. The number of carbonyl (C=O) groups is 1. The molecule has 5 heteroatoms. The van der Waals surface area contributed by atoms with Crippen LogP contribution in [0.2, 0.25) is 0 Å². The van der Waals surface area contributed by atoms with E-state index in [1.165, 1.54) is 7.11 Å². The number of nitrogens with one attached hydrogen (secondary N) is 1. The first-order valence-corrected chi connectivity index (χ1v) is 6.86. The smallest absolute Gasteiger partial charge is 0.255 e. The SMILES string of the molecule is COc1ccc(C(=O)Nc2ccc(C(C)O)cc2)cc1OC. The summed E-state index contributed by atoms with van der Waals surface area (Å²) in [6, 6.07) is 12.0. The number of benzene rings is 2. The van der Waals surface area contributed by atoms with Gasteiger partial charge in [-0.2, -0.15) is 0 Å². The fraction of sp³-hybridized carbons (Fsp3) is 0.235. The second-order valence-corrected chi connectivity index (χ2v) is 4.82. The number of rotatable bonds is 5. The van der Waals surface area contributed by atoms with E-state index in [0.717, 1.165) is 5.56 Å². The Balaban J connectivity index is 2.15. The summed E-state index contributed by atoms with van der Waals surface area (Å²) < 4.78 is 10.3. The van der Waals surface area contributed by atoms with E-state index in [1.54, 1.807) is 56.5 Å². The van der Waals surface area contributed by atoms with Crippen molar-refractivity contribution < 1.29 is 19.4 Å². The van der Waals surface area contributed by atoms with E-state index in [1.807, 2.05) is 0 Å². The Morgan fingerprint density at radius 3 is 2.23 bits per heavy atom. The van der Waals surface area contributed by atoms with Gasteiger partial charge in [-0.05, 0) is 42.8 Å². The third kappa shape index (κ3) is 3.56. The molecule has 1 unspecified atom stereocenters. The Bertz CT molecular complexity index is 650. The lowest BCUT2D eigenvalue weighted by molar-refractivity contribution is 0.102. The van der Waals surface area contributed by atoms with Crippen molar-refractivity contribution in [3.8, 4) is 11.5 Å². The molecule has 2 N–H and O–H groups in total. The number of methoxy groups -OCH3 is 2. The van der Waals surface area contributed by atoms with E-state index in [2.05, 4.69) is 5.32 Å². The molecule has 5 nitrogen and oxygen atoms in total. The molecule has 0 spiro atoms. The van der Waals surface area contributed by atoms with E-state index in [-0.39, 0.29) is 5.91 Å². The Kier molecular flexibility index (Phi) is 5.01. The highest BCUT2D eigenvalue weighted by Gasteiger charge is 2.11. The van der Waals surface area contributed by atoms with Crippen molar-refractivity contribution in [1.82, 2.24) is 0 Å². The average Bonchev–Trinajstić information content (AvgIpc) is 2.54. The third-order valence-corrected chi connectivity index (χ3v) is 3.30. The average molecular weight is 301 g/mol. The van der Waals surface area contributed by atoms with Crippen LogP contribution < -0.4 is 14.8 Å². The number of hydrogen-bond donors (Lipinski definition) is 2. The summed E-state index contributed by atoms with van der Waals surface area (Å²) in [4.78, 5) is 12.2. The maximum Gasteiger partial charge on any atom is 0.255 e. The molecule has 116 valence electrons. The van der Waals surface area contributed by atoms with Crippen LogP contribution in [0.15, 0.2) is 42.5 Å². The van der Waals surface area contributed by atoms with Gasteiger partial charge in [-0.15, -0.1) is 0 Å². The standard InChI is InChI=1S/C17H19NO4/c1-11(19)12-4-7-14(8-5-12)18-17(20)13-6-9-15(21-2)16(10-13)22-3/h4-11,19H,1-3H3,(H,18,20). The van der Waals surface area contributed by atoms with Gasteiger partial charge in [0.25, 0.3) is 5.91 Å². The van der Waals surface area contributed by atoms with Crippen molar-refractivity contribution in [3.05, 3.63) is 53.6 Å². The van der Waals surface area contributed by atoms with Crippen LogP contribution in [0.3, 0.4) is 0 Å². The van der Waals surface area contributed by atoms with Crippen LogP contribution in [-0.2, 0) is 0 Å². The highest BCUT2D eigenvalue weighted by Crippen LogP contribution is 2.28. The fourth-order valence-electron chi connectivity index (χ4n) is 2.03. The van der Waals surface area contributed by atoms with Crippen LogP contribution in [0.1, 0.15) is 28.9 Å². The predicted molar refractivity (Wildman–Crippen MR) is 84.6 cm³/mol. The molecule has 0 radical (unpaired) electrons. The van der Waals surface area contributed by atoms with Gasteiger partial charge in [0.1, 0.15) is 0 Å². The number of ether oxygens (including phenoxy) is 2. The van der Waals surface area contributed by atoms with Crippen molar-refractivity contribution >= 4 is 11.6 Å². The number of carbonyl (C=O) groups excluding carboxylic acids is 1. The number of amides is 1. The van der Waals surface area contributed by atoms with Crippen molar-refractivity contribution in [2.45, 2.75) is 13.0 Å². The summed E-state index contributed by atoms with van der Waals surface area (Å²) in [6.45, 7) is 1.69. The number of hydrogen-bond acceptors (Lipinski definition) is 4. The summed E-state index contributed by atoms with van der Waals surface area (Å²) in [7, 11) is 3.07. The normalized spacial score (nSPS) is 11.6. The number of aliphatic hydroxyl groups excluding tert-OH is 1. The van der Waals surface area contributed by atoms with Crippen LogP contribution in [0.5, 0.6) is 11.5 Å². The molecule has 0 aliphatic heterocycles. The van der Waals surface area contributed by atoms with Crippen LogP contribution in [0, 0.1) is 0 Å². The van der Waals surface area contributed by atoms with Gasteiger partial charge in [-0.3, -0.25) is 4.79 Å². The molecule has 22 heavy (non-hydrogen) atoms. The lowest BCUT2D eigenvalue weighted by Crippen LogP contribution is -2.12. The molecule has 1 amide bonds. The van der Waals surface area contributed by atoms with Crippen LogP contribution in [-0.4, -0.2) is 25.2 Å². The van der Waals surface area contributed by atoms with E-state index in [4.69, 9.17) is 9.47 Å². The molecule has 0 saturated heterocycles. The number of aliphatic hydroxyl groups is 1. The molecular weight excluding hydrogens is 282 g/mol. The van der Waals surface area contributed by atoms with Gasteiger partial charge in [-0.25, -0.2) is 0 Å². The monoisotopic (exact) mass is 301 g/mol. The molecule has 2 rings (SSSR count). The summed E-state index contributed by atoms with van der Waals surface area (Å²) in [5, 5.41) is 12.3. The molecular formula is C17H19NO4. The van der Waals surface area contributed by atoms with E-state index < -0.39 is 6.10 Å². The Labute approximate surface area is 129 Å². The molecule has 1 atom stereocenters.